The summed E-state index contributed by atoms with van der Waals surface area (Å²) in [6.07, 6.45) is 9.38. The second kappa shape index (κ2) is 7.89. The summed E-state index contributed by atoms with van der Waals surface area (Å²) in [5.41, 5.74) is 2.18. The largest absolute Gasteiger partial charge is 0.310 e. The summed E-state index contributed by atoms with van der Waals surface area (Å²) >= 11 is 0. The van der Waals surface area contributed by atoms with E-state index in [2.05, 4.69) is 20.4 Å². The summed E-state index contributed by atoms with van der Waals surface area (Å²) in [6.45, 7) is 3.77. The Morgan fingerprint density at radius 2 is 2.04 bits per heavy atom. The third-order valence-corrected chi connectivity index (χ3v) is 6.01. The number of amides is 1. The smallest absolute Gasteiger partial charge is 0.255 e. The number of hydrogen-bond donors (Lipinski definition) is 2. The van der Waals surface area contributed by atoms with Gasteiger partial charge in [0.15, 0.2) is 0 Å². The molecule has 0 aliphatic heterocycles. The summed E-state index contributed by atoms with van der Waals surface area (Å²) < 4.78 is 1.58. The van der Waals surface area contributed by atoms with Crippen LogP contribution in [0.1, 0.15) is 81.2 Å². The predicted octanol–water partition coefficient (Wildman–Crippen LogP) is 3.61. The Balaban J connectivity index is 1.57. The van der Waals surface area contributed by atoms with Gasteiger partial charge in [-0.05, 0) is 38.5 Å². The van der Waals surface area contributed by atoms with Gasteiger partial charge in [0.2, 0.25) is 11.9 Å². The molecule has 28 heavy (non-hydrogen) atoms. The van der Waals surface area contributed by atoms with Gasteiger partial charge in [-0.1, -0.05) is 32.6 Å². The van der Waals surface area contributed by atoms with E-state index in [1.54, 1.807) is 4.68 Å². The Morgan fingerprint density at radius 3 is 2.68 bits per heavy atom. The number of nitrogens with one attached hydrogen (secondary N) is 2. The number of anilines is 1. The van der Waals surface area contributed by atoms with E-state index in [0.29, 0.717) is 47.7 Å². The zero-order chi connectivity index (χ0) is 19.7. The van der Waals surface area contributed by atoms with Gasteiger partial charge in [0.05, 0.1) is 5.69 Å². The molecular formula is C21H29N5O2. The minimum Gasteiger partial charge on any atom is -0.310 e. The van der Waals surface area contributed by atoms with Crippen molar-refractivity contribution in [1.82, 2.24) is 19.7 Å². The van der Waals surface area contributed by atoms with Crippen molar-refractivity contribution in [3.05, 3.63) is 33.4 Å². The average Bonchev–Trinajstić information content (AvgIpc) is 3.22. The van der Waals surface area contributed by atoms with Gasteiger partial charge < -0.3 is 5.32 Å². The number of aromatic amines is 1. The second-order valence-electron chi connectivity index (χ2n) is 8.18. The maximum atomic E-state index is 12.5. The average molecular weight is 383 g/mol. The van der Waals surface area contributed by atoms with E-state index in [1.165, 1.54) is 25.7 Å². The number of aryl methyl sites for hydroxylation is 1. The summed E-state index contributed by atoms with van der Waals surface area (Å²) in [5.74, 6) is 2.07. The lowest BCUT2D eigenvalue weighted by molar-refractivity contribution is -0.116. The minimum atomic E-state index is -0.146. The van der Waals surface area contributed by atoms with Crippen LogP contribution in [0.3, 0.4) is 0 Å². The molecule has 7 heteroatoms. The first kappa shape index (κ1) is 18.9. The third-order valence-electron chi connectivity index (χ3n) is 6.01. The van der Waals surface area contributed by atoms with E-state index >= 15 is 0 Å². The van der Waals surface area contributed by atoms with E-state index in [1.807, 2.05) is 19.9 Å². The van der Waals surface area contributed by atoms with E-state index in [4.69, 9.17) is 0 Å². The highest BCUT2D eigenvalue weighted by molar-refractivity contribution is 5.90. The van der Waals surface area contributed by atoms with Crippen LogP contribution in [0, 0.1) is 12.8 Å². The molecular weight excluding hydrogens is 354 g/mol. The molecule has 2 aliphatic rings. The van der Waals surface area contributed by atoms with E-state index in [0.717, 1.165) is 25.0 Å². The molecule has 2 heterocycles. The van der Waals surface area contributed by atoms with E-state index in [9.17, 15) is 9.59 Å². The van der Waals surface area contributed by atoms with Crippen LogP contribution in [-0.2, 0) is 11.2 Å². The summed E-state index contributed by atoms with van der Waals surface area (Å²) in [6, 6.07) is 1.92. The predicted molar refractivity (Wildman–Crippen MR) is 108 cm³/mol. The lowest BCUT2D eigenvalue weighted by Gasteiger charge is -2.11. The topological polar surface area (TPSA) is 92.7 Å². The molecule has 2 N–H and O–H groups in total. The molecule has 0 aromatic carbocycles. The van der Waals surface area contributed by atoms with Crippen LogP contribution in [0.25, 0.3) is 5.95 Å². The highest BCUT2D eigenvalue weighted by atomic mass is 16.1. The molecule has 2 aliphatic carbocycles. The number of carbonyl (C=O) groups is 1. The monoisotopic (exact) mass is 383 g/mol. The number of hydrogen-bond acceptors (Lipinski definition) is 4. The molecule has 0 radical (unpaired) electrons. The molecule has 0 spiro atoms. The fourth-order valence-electron chi connectivity index (χ4n) is 4.18. The Morgan fingerprint density at radius 1 is 1.29 bits per heavy atom. The van der Waals surface area contributed by atoms with Crippen molar-refractivity contribution in [2.75, 3.05) is 5.32 Å². The molecule has 0 atom stereocenters. The zero-order valence-electron chi connectivity index (χ0n) is 16.8. The van der Waals surface area contributed by atoms with Gasteiger partial charge in [-0.25, -0.2) is 4.98 Å². The van der Waals surface area contributed by atoms with Crippen molar-refractivity contribution < 1.29 is 4.79 Å². The van der Waals surface area contributed by atoms with Gasteiger partial charge in [-0.15, -0.1) is 0 Å². The first-order valence-electron chi connectivity index (χ1n) is 10.5. The van der Waals surface area contributed by atoms with Crippen molar-refractivity contribution >= 4 is 11.7 Å². The second-order valence-corrected chi connectivity index (χ2v) is 8.18. The standard InChI is InChI=1S/C21H29N5O2/c1-3-16-13(2)22-21(24-20(16)28)26-18(12-17(25-26)15-9-10-15)23-19(27)11-8-14-6-4-5-7-14/h12,14-15H,3-11H2,1-2H3,(H,23,27)(H,22,24,28). The molecule has 0 unspecified atom stereocenters. The quantitative estimate of drug-likeness (QED) is 0.764. The fourth-order valence-corrected chi connectivity index (χ4v) is 4.18. The zero-order valence-corrected chi connectivity index (χ0v) is 16.8. The first-order chi connectivity index (χ1) is 13.5. The Bertz CT molecular complexity index is 919. The molecule has 2 aromatic rings. The van der Waals surface area contributed by atoms with Gasteiger partial charge in [-0.3, -0.25) is 14.6 Å². The van der Waals surface area contributed by atoms with Crippen molar-refractivity contribution in [2.45, 2.75) is 77.6 Å². The Labute approximate surface area is 165 Å². The summed E-state index contributed by atoms with van der Waals surface area (Å²) in [7, 11) is 0. The lowest BCUT2D eigenvalue weighted by atomic mass is 10.0. The van der Waals surface area contributed by atoms with Crippen LogP contribution in [0.4, 0.5) is 5.82 Å². The molecule has 2 fully saturated rings. The maximum Gasteiger partial charge on any atom is 0.255 e. The molecule has 0 saturated heterocycles. The highest BCUT2D eigenvalue weighted by Crippen LogP contribution is 2.40. The van der Waals surface area contributed by atoms with Gasteiger partial charge in [0.25, 0.3) is 5.56 Å². The number of H-pyrrole nitrogens is 1. The minimum absolute atomic E-state index is 0.000329. The number of rotatable bonds is 7. The van der Waals surface area contributed by atoms with Crippen LogP contribution < -0.4 is 10.9 Å². The van der Waals surface area contributed by atoms with Crippen molar-refractivity contribution in [3.63, 3.8) is 0 Å². The normalized spacial score (nSPS) is 17.2. The van der Waals surface area contributed by atoms with Crippen LogP contribution >= 0.6 is 0 Å². The third kappa shape index (κ3) is 4.03. The SMILES string of the molecule is CCc1c(C)nc(-n2nc(C3CC3)cc2NC(=O)CCC2CCCC2)[nH]c1=O. The highest BCUT2D eigenvalue weighted by Gasteiger charge is 2.28. The van der Waals surface area contributed by atoms with E-state index < -0.39 is 0 Å². The lowest BCUT2D eigenvalue weighted by Crippen LogP contribution is -2.22. The van der Waals surface area contributed by atoms with Gasteiger partial charge >= 0.3 is 0 Å². The number of carbonyl (C=O) groups excluding carboxylic acids is 1. The van der Waals surface area contributed by atoms with Crippen molar-refractivity contribution in [2.24, 2.45) is 5.92 Å². The van der Waals surface area contributed by atoms with Crippen LogP contribution in [0.15, 0.2) is 10.9 Å². The van der Waals surface area contributed by atoms with Gasteiger partial charge in [0.1, 0.15) is 5.82 Å². The molecule has 7 nitrogen and oxygen atoms in total. The van der Waals surface area contributed by atoms with Crippen molar-refractivity contribution in [3.8, 4) is 5.95 Å². The van der Waals surface area contributed by atoms with Crippen LogP contribution in [0.2, 0.25) is 0 Å². The Kier molecular flexibility index (Phi) is 5.33. The van der Waals surface area contributed by atoms with Gasteiger partial charge in [0, 0.05) is 29.7 Å². The number of nitrogens with zero attached hydrogens (tertiary/aromatic N) is 3. The summed E-state index contributed by atoms with van der Waals surface area (Å²) in [4.78, 5) is 32.3. The Hall–Kier alpha value is -2.44. The van der Waals surface area contributed by atoms with E-state index in [-0.39, 0.29) is 11.5 Å². The molecule has 2 saturated carbocycles. The summed E-state index contributed by atoms with van der Waals surface area (Å²) in [5, 5.41) is 7.64. The molecule has 150 valence electrons. The molecule has 0 bridgehead atoms. The van der Waals surface area contributed by atoms with Gasteiger partial charge in [-0.2, -0.15) is 9.78 Å². The molecule has 4 rings (SSSR count). The van der Waals surface area contributed by atoms with Crippen LogP contribution in [0.5, 0.6) is 0 Å². The fraction of sp³-hybridized carbons (Fsp3) is 0.619. The maximum absolute atomic E-state index is 12.5. The molecule has 1 amide bonds. The molecule has 2 aromatic heterocycles. The number of aromatic nitrogens is 4. The van der Waals surface area contributed by atoms with Crippen LogP contribution in [-0.4, -0.2) is 25.7 Å². The van der Waals surface area contributed by atoms with Crippen molar-refractivity contribution in [1.29, 1.82) is 0 Å². The first-order valence-corrected chi connectivity index (χ1v) is 10.5.